The highest BCUT2D eigenvalue weighted by Gasteiger charge is 2.83. The van der Waals surface area contributed by atoms with Crippen molar-refractivity contribution in [1.82, 2.24) is 0 Å². The molecule has 6 rings (SSSR count). The molecule has 0 aromatic carbocycles. The van der Waals surface area contributed by atoms with Crippen molar-refractivity contribution in [3.8, 4) is 0 Å². The minimum Gasteiger partial charge on any atom is -0.466 e. The molecular weight excluding hydrogens is 448 g/mol. The van der Waals surface area contributed by atoms with Crippen molar-refractivity contribution in [2.75, 3.05) is 19.8 Å². The zero-order valence-corrected chi connectivity index (χ0v) is 23.7. The maximum atomic E-state index is 12.2. The van der Waals surface area contributed by atoms with E-state index < -0.39 is 0 Å². The highest BCUT2D eigenvalue weighted by atomic mass is 16.7. The largest absolute Gasteiger partial charge is 0.466 e. The van der Waals surface area contributed by atoms with Gasteiger partial charge in [-0.1, -0.05) is 46.8 Å². The highest BCUT2D eigenvalue weighted by Crippen LogP contribution is 2.85. The first-order valence-electron chi connectivity index (χ1n) is 15.3. The number of carbonyl (C=O) groups excluding carboxylic acids is 1. The van der Waals surface area contributed by atoms with Gasteiger partial charge in [-0.15, -0.1) is 0 Å². The Bertz CT molecular complexity index is 906. The van der Waals surface area contributed by atoms with Gasteiger partial charge in [0.2, 0.25) is 0 Å². The van der Waals surface area contributed by atoms with E-state index in [0.29, 0.717) is 34.7 Å². The first-order chi connectivity index (χ1) is 17.1. The van der Waals surface area contributed by atoms with E-state index >= 15 is 0 Å². The van der Waals surface area contributed by atoms with Gasteiger partial charge in [0, 0.05) is 11.8 Å². The van der Waals surface area contributed by atoms with Crippen molar-refractivity contribution in [1.29, 1.82) is 0 Å². The molecule has 0 radical (unpaired) electrons. The number of hydrogen-bond donors (Lipinski definition) is 0. The standard InChI is InChI=1S/C32H50O4/c1-7-34-28(33)22(4)20(2)8-9-21(3)25-10-11-26-24-19-32(35-16-17-36-32)31-18-23(31)12-15-30(31,6)27(24)13-14-29(25,26)5/h8-9,20-27H,7,10-19H2,1-6H3/b9-8+/t20-,21-,22+,23-,24+,25-,26+,27+,29-,30-,31-/m1/s1. The predicted molar refractivity (Wildman–Crippen MR) is 141 cm³/mol. The number of hydrogen-bond acceptors (Lipinski definition) is 4. The first kappa shape index (κ1) is 25.4. The molecule has 0 unspecified atom stereocenters. The molecule has 1 saturated heterocycles. The Kier molecular flexibility index (Phi) is 6.05. The van der Waals surface area contributed by atoms with Crippen LogP contribution in [0.3, 0.4) is 0 Å². The summed E-state index contributed by atoms with van der Waals surface area (Å²) in [6.45, 7) is 15.8. The summed E-state index contributed by atoms with van der Waals surface area (Å²) in [4.78, 5) is 12.2. The molecule has 11 atom stereocenters. The van der Waals surface area contributed by atoms with Crippen LogP contribution >= 0.6 is 0 Å². The molecule has 0 amide bonds. The van der Waals surface area contributed by atoms with E-state index in [1.54, 1.807) is 0 Å². The highest BCUT2D eigenvalue weighted by molar-refractivity contribution is 5.72. The lowest BCUT2D eigenvalue weighted by atomic mass is 9.44. The number of fused-ring (bicyclic) bond motifs is 4. The fourth-order valence-corrected chi connectivity index (χ4v) is 11.2. The lowest BCUT2D eigenvalue weighted by Gasteiger charge is -2.63. The summed E-state index contributed by atoms with van der Waals surface area (Å²) in [6.07, 6.45) is 15.5. The molecule has 202 valence electrons. The third kappa shape index (κ3) is 3.22. The average molecular weight is 499 g/mol. The van der Waals surface area contributed by atoms with Crippen LogP contribution in [0.4, 0.5) is 0 Å². The summed E-state index contributed by atoms with van der Waals surface area (Å²) in [5.74, 6) is 4.20. The molecule has 5 aliphatic carbocycles. The summed E-state index contributed by atoms with van der Waals surface area (Å²) in [7, 11) is 0. The second kappa shape index (κ2) is 8.57. The van der Waals surface area contributed by atoms with Gasteiger partial charge >= 0.3 is 5.97 Å². The molecule has 2 spiro atoms. The molecule has 1 aliphatic heterocycles. The Morgan fingerprint density at radius 2 is 1.72 bits per heavy atom. The van der Waals surface area contributed by atoms with Crippen molar-refractivity contribution in [2.24, 2.45) is 63.6 Å². The zero-order chi connectivity index (χ0) is 25.5. The van der Waals surface area contributed by atoms with Gasteiger partial charge in [-0.2, -0.15) is 0 Å². The van der Waals surface area contributed by atoms with Gasteiger partial charge in [0.15, 0.2) is 5.79 Å². The molecule has 1 heterocycles. The smallest absolute Gasteiger partial charge is 0.309 e. The second-order valence-electron chi connectivity index (χ2n) is 14.2. The van der Waals surface area contributed by atoms with Crippen LogP contribution in [-0.4, -0.2) is 31.6 Å². The second-order valence-corrected chi connectivity index (χ2v) is 14.2. The Morgan fingerprint density at radius 3 is 2.42 bits per heavy atom. The topological polar surface area (TPSA) is 44.8 Å². The fourth-order valence-electron chi connectivity index (χ4n) is 11.2. The van der Waals surface area contributed by atoms with E-state index in [0.717, 1.165) is 43.3 Å². The van der Waals surface area contributed by atoms with Crippen LogP contribution in [0.15, 0.2) is 12.2 Å². The average Bonchev–Trinajstić information content (AvgIpc) is 3.11. The van der Waals surface area contributed by atoms with E-state index in [4.69, 9.17) is 14.2 Å². The van der Waals surface area contributed by atoms with Crippen LogP contribution in [0.2, 0.25) is 0 Å². The molecule has 5 saturated carbocycles. The summed E-state index contributed by atoms with van der Waals surface area (Å²) >= 11 is 0. The number of rotatable bonds is 6. The van der Waals surface area contributed by atoms with Crippen molar-refractivity contribution in [2.45, 2.75) is 98.7 Å². The molecule has 0 N–H and O–H groups in total. The van der Waals surface area contributed by atoms with Gasteiger partial charge in [0.1, 0.15) is 0 Å². The van der Waals surface area contributed by atoms with E-state index in [2.05, 4.69) is 39.8 Å². The molecule has 6 aliphatic rings. The van der Waals surface area contributed by atoms with Crippen LogP contribution in [0.5, 0.6) is 0 Å². The predicted octanol–water partition coefficient (Wildman–Crippen LogP) is 7.03. The van der Waals surface area contributed by atoms with Crippen LogP contribution in [0.1, 0.15) is 92.9 Å². The SMILES string of the molecule is CCOC(=O)[C@@H](C)[C@H](C)/C=C/[C@@H](C)[C@H]1CC[C@H]2[C@@H]3CC4(OCCO4)[C@]45C[C@H]4CC[C@]5(C)[C@H]3CC[C@]12C. The summed E-state index contributed by atoms with van der Waals surface area (Å²) in [5.41, 5.74) is 1.10. The third-order valence-corrected chi connectivity index (χ3v) is 13.2. The third-order valence-electron chi connectivity index (χ3n) is 13.2. The Labute approximate surface area is 219 Å². The van der Waals surface area contributed by atoms with Crippen molar-refractivity contribution in [3.05, 3.63) is 12.2 Å². The van der Waals surface area contributed by atoms with Crippen LogP contribution < -0.4 is 0 Å². The van der Waals surface area contributed by atoms with Gasteiger partial charge in [0.05, 0.1) is 25.7 Å². The van der Waals surface area contributed by atoms with Crippen LogP contribution in [0.25, 0.3) is 0 Å². The quantitative estimate of drug-likeness (QED) is 0.291. The van der Waals surface area contributed by atoms with Crippen molar-refractivity contribution < 1.29 is 19.0 Å². The minimum absolute atomic E-state index is 0.0767. The molecule has 4 nitrogen and oxygen atoms in total. The number of ether oxygens (including phenoxy) is 3. The van der Waals surface area contributed by atoms with Gasteiger partial charge in [-0.05, 0) is 104 Å². The Balaban J connectivity index is 1.21. The van der Waals surface area contributed by atoms with Gasteiger partial charge in [-0.25, -0.2) is 0 Å². The normalized spacial score (nSPS) is 48.7. The lowest BCUT2D eigenvalue weighted by molar-refractivity contribution is -0.294. The molecule has 0 aromatic rings. The lowest BCUT2D eigenvalue weighted by Crippen LogP contribution is -2.62. The van der Waals surface area contributed by atoms with Gasteiger partial charge in [0.25, 0.3) is 0 Å². The van der Waals surface area contributed by atoms with Crippen LogP contribution in [-0.2, 0) is 19.0 Å². The Hall–Kier alpha value is -0.870. The van der Waals surface area contributed by atoms with E-state index in [1.807, 2.05) is 13.8 Å². The van der Waals surface area contributed by atoms with Gasteiger partial charge < -0.3 is 14.2 Å². The molecule has 4 heteroatoms. The summed E-state index contributed by atoms with van der Waals surface area (Å²) in [6, 6.07) is 0. The van der Waals surface area contributed by atoms with E-state index in [1.165, 1.54) is 44.9 Å². The Morgan fingerprint density at radius 1 is 0.972 bits per heavy atom. The van der Waals surface area contributed by atoms with Crippen molar-refractivity contribution in [3.63, 3.8) is 0 Å². The molecule has 0 bridgehead atoms. The van der Waals surface area contributed by atoms with E-state index in [-0.39, 0.29) is 23.6 Å². The van der Waals surface area contributed by atoms with E-state index in [9.17, 15) is 4.79 Å². The molecular formula is C32H50O4. The molecule has 6 fully saturated rings. The number of allylic oxidation sites excluding steroid dienone is 2. The summed E-state index contributed by atoms with van der Waals surface area (Å²) in [5, 5.41) is 0. The first-order valence-corrected chi connectivity index (χ1v) is 15.3. The molecule has 36 heavy (non-hydrogen) atoms. The summed E-state index contributed by atoms with van der Waals surface area (Å²) < 4.78 is 18.6. The molecule has 0 aromatic heterocycles. The van der Waals surface area contributed by atoms with Crippen LogP contribution in [0, 0.1) is 63.6 Å². The fraction of sp³-hybridized carbons (Fsp3) is 0.906. The number of carbonyl (C=O) groups is 1. The zero-order valence-electron chi connectivity index (χ0n) is 23.7. The minimum atomic E-state index is -0.287. The maximum Gasteiger partial charge on any atom is 0.309 e. The van der Waals surface area contributed by atoms with Gasteiger partial charge in [-0.3, -0.25) is 4.79 Å². The van der Waals surface area contributed by atoms with Crippen molar-refractivity contribution >= 4 is 5.97 Å². The monoisotopic (exact) mass is 498 g/mol. The number of esters is 1. The maximum absolute atomic E-state index is 12.2.